The number of sulfonamides is 1. The fraction of sp³-hybridized carbons (Fsp3) is 0.500. The summed E-state index contributed by atoms with van der Waals surface area (Å²) in [6, 6.07) is 4.62. The lowest BCUT2D eigenvalue weighted by molar-refractivity contribution is 0.273. The van der Waals surface area contributed by atoms with Crippen LogP contribution < -0.4 is 9.88 Å². The van der Waals surface area contributed by atoms with Crippen LogP contribution in [0.1, 0.15) is 5.56 Å². The molecular weight excluding hydrogens is 330 g/mol. The van der Waals surface area contributed by atoms with Crippen molar-refractivity contribution in [2.75, 3.05) is 33.3 Å². The molecule has 1 aliphatic rings. The van der Waals surface area contributed by atoms with Crippen LogP contribution in [0.4, 0.5) is 0 Å². The molecule has 1 aliphatic heterocycles. The van der Waals surface area contributed by atoms with E-state index < -0.39 is 20.2 Å². The molecule has 2 rings (SSSR count). The van der Waals surface area contributed by atoms with Crippen LogP contribution in [-0.2, 0) is 20.2 Å². The molecule has 0 atom stereocenters. The van der Waals surface area contributed by atoms with Gasteiger partial charge in [0.1, 0.15) is 5.75 Å². The first-order valence-corrected chi connectivity index (χ1v) is 9.53. The minimum atomic E-state index is -3.78. The van der Waals surface area contributed by atoms with E-state index >= 15 is 0 Å². The molecule has 1 heterocycles. The summed E-state index contributed by atoms with van der Waals surface area (Å²) in [5.41, 5.74) is 0.715. The molecule has 0 bridgehead atoms. The molecule has 0 amide bonds. The number of benzene rings is 1. The smallest absolute Gasteiger partial charge is 0.276 e. The molecule has 1 fully saturated rings. The summed E-state index contributed by atoms with van der Waals surface area (Å²) in [6.07, 6.45) is 0. The molecule has 1 aromatic rings. The molecule has 1 aromatic carbocycles. The number of rotatable bonds is 4. The minimum Gasteiger partial charge on any atom is -0.496 e. The van der Waals surface area contributed by atoms with Crippen molar-refractivity contribution in [2.45, 2.75) is 11.8 Å². The predicted molar refractivity (Wildman–Crippen MR) is 81.2 cm³/mol. The standard InChI is InChI=1S/C12H19N3O5S2/c1-10-9-11(3-4-12(10)20-2)21(16,17)14-5-7-15(8-6-14)22(13,18)19/h3-4,9H,5-8H2,1-2H3,(H2,13,18,19). The highest BCUT2D eigenvalue weighted by molar-refractivity contribution is 7.89. The SMILES string of the molecule is COc1ccc(S(=O)(=O)N2CCN(S(N)(=O)=O)CC2)cc1C. The molecule has 0 aromatic heterocycles. The van der Waals surface area contributed by atoms with Gasteiger partial charge in [-0.15, -0.1) is 0 Å². The van der Waals surface area contributed by atoms with Crippen molar-refractivity contribution >= 4 is 20.2 Å². The first-order valence-electron chi connectivity index (χ1n) is 6.59. The molecule has 0 radical (unpaired) electrons. The van der Waals surface area contributed by atoms with Gasteiger partial charge in [0.05, 0.1) is 12.0 Å². The zero-order valence-corrected chi connectivity index (χ0v) is 14.0. The maximum absolute atomic E-state index is 12.6. The summed E-state index contributed by atoms with van der Waals surface area (Å²) in [5, 5.41) is 5.04. The summed E-state index contributed by atoms with van der Waals surface area (Å²) in [6.45, 7) is 2.00. The number of piperazine rings is 1. The highest BCUT2D eigenvalue weighted by Crippen LogP contribution is 2.24. The number of nitrogens with two attached hydrogens (primary N) is 1. The van der Waals surface area contributed by atoms with Crippen LogP contribution in [0.2, 0.25) is 0 Å². The number of ether oxygens (including phenoxy) is 1. The molecule has 0 saturated carbocycles. The Hall–Kier alpha value is -1.20. The molecule has 22 heavy (non-hydrogen) atoms. The van der Waals surface area contributed by atoms with Crippen LogP contribution in [0.3, 0.4) is 0 Å². The molecule has 2 N–H and O–H groups in total. The van der Waals surface area contributed by atoms with Crippen LogP contribution in [0.25, 0.3) is 0 Å². The summed E-state index contributed by atoms with van der Waals surface area (Å²) in [7, 11) is -5.93. The van der Waals surface area contributed by atoms with Gasteiger partial charge in [0, 0.05) is 26.2 Å². The van der Waals surface area contributed by atoms with E-state index in [-0.39, 0.29) is 31.1 Å². The maximum Gasteiger partial charge on any atom is 0.276 e. The third kappa shape index (κ3) is 3.41. The van der Waals surface area contributed by atoms with Gasteiger partial charge in [-0.3, -0.25) is 0 Å². The number of methoxy groups -OCH3 is 1. The van der Waals surface area contributed by atoms with Crippen molar-refractivity contribution in [3.05, 3.63) is 23.8 Å². The quantitative estimate of drug-likeness (QED) is 0.789. The van der Waals surface area contributed by atoms with Crippen LogP contribution in [-0.4, -0.2) is 58.7 Å². The van der Waals surface area contributed by atoms with Gasteiger partial charge in [0.2, 0.25) is 10.0 Å². The fourth-order valence-electron chi connectivity index (χ4n) is 2.33. The van der Waals surface area contributed by atoms with Crippen molar-refractivity contribution in [1.82, 2.24) is 8.61 Å². The topological polar surface area (TPSA) is 110 Å². The maximum atomic E-state index is 12.6. The van der Waals surface area contributed by atoms with Crippen LogP contribution in [0.5, 0.6) is 5.75 Å². The molecule has 0 unspecified atom stereocenters. The third-order valence-electron chi connectivity index (χ3n) is 3.56. The van der Waals surface area contributed by atoms with Crippen molar-refractivity contribution in [1.29, 1.82) is 0 Å². The largest absolute Gasteiger partial charge is 0.496 e. The van der Waals surface area contributed by atoms with Crippen molar-refractivity contribution in [3.63, 3.8) is 0 Å². The van der Waals surface area contributed by atoms with E-state index in [9.17, 15) is 16.8 Å². The first kappa shape index (κ1) is 17.2. The monoisotopic (exact) mass is 349 g/mol. The molecule has 0 spiro atoms. The zero-order chi connectivity index (χ0) is 16.5. The zero-order valence-electron chi connectivity index (χ0n) is 12.4. The van der Waals surface area contributed by atoms with E-state index in [1.165, 1.54) is 17.5 Å². The average Bonchev–Trinajstić information content (AvgIpc) is 2.46. The van der Waals surface area contributed by atoms with Crippen molar-refractivity contribution < 1.29 is 21.6 Å². The molecule has 1 saturated heterocycles. The van der Waals surface area contributed by atoms with Gasteiger partial charge in [-0.2, -0.15) is 17.0 Å². The summed E-state index contributed by atoms with van der Waals surface area (Å²) < 4.78 is 55.1. The van der Waals surface area contributed by atoms with Crippen molar-refractivity contribution in [3.8, 4) is 5.75 Å². The number of hydrogen-bond donors (Lipinski definition) is 1. The number of nitrogens with zero attached hydrogens (tertiary/aromatic N) is 2. The number of aryl methyl sites for hydroxylation is 1. The lowest BCUT2D eigenvalue weighted by Gasteiger charge is -2.32. The Kier molecular flexibility index (Phi) is 4.78. The van der Waals surface area contributed by atoms with E-state index in [0.717, 1.165) is 4.31 Å². The van der Waals surface area contributed by atoms with Gasteiger partial charge in [-0.25, -0.2) is 13.6 Å². The van der Waals surface area contributed by atoms with Crippen LogP contribution in [0, 0.1) is 6.92 Å². The Bertz CT molecular complexity index is 753. The second-order valence-corrected chi connectivity index (χ2v) is 8.46. The van der Waals surface area contributed by atoms with Gasteiger partial charge in [-0.05, 0) is 30.7 Å². The Balaban J connectivity index is 2.20. The van der Waals surface area contributed by atoms with Gasteiger partial charge in [0.15, 0.2) is 0 Å². The lowest BCUT2D eigenvalue weighted by Crippen LogP contribution is -2.52. The number of hydrogen-bond acceptors (Lipinski definition) is 5. The van der Waals surface area contributed by atoms with E-state index in [4.69, 9.17) is 9.88 Å². The second-order valence-electron chi connectivity index (χ2n) is 4.98. The predicted octanol–water partition coefficient (Wildman–Crippen LogP) is -0.487. The van der Waals surface area contributed by atoms with Gasteiger partial charge in [0.25, 0.3) is 10.2 Å². The van der Waals surface area contributed by atoms with E-state index in [0.29, 0.717) is 11.3 Å². The molecule has 0 aliphatic carbocycles. The summed E-state index contributed by atoms with van der Waals surface area (Å²) in [5.74, 6) is 0.609. The molecule has 8 nitrogen and oxygen atoms in total. The fourth-order valence-corrected chi connectivity index (χ4v) is 4.51. The van der Waals surface area contributed by atoms with E-state index in [1.54, 1.807) is 19.1 Å². The first-order chi connectivity index (χ1) is 10.2. The molecule has 124 valence electrons. The van der Waals surface area contributed by atoms with Crippen LogP contribution in [0.15, 0.2) is 23.1 Å². The van der Waals surface area contributed by atoms with Crippen molar-refractivity contribution in [2.24, 2.45) is 5.14 Å². The summed E-state index contributed by atoms with van der Waals surface area (Å²) >= 11 is 0. The third-order valence-corrected chi connectivity index (χ3v) is 6.54. The Morgan fingerprint density at radius 3 is 2.05 bits per heavy atom. The van der Waals surface area contributed by atoms with Gasteiger partial charge < -0.3 is 4.74 Å². The minimum absolute atomic E-state index is 0.0488. The molecular formula is C12H19N3O5S2. The Morgan fingerprint density at radius 1 is 1.05 bits per heavy atom. The summed E-state index contributed by atoms with van der Waals surface area (Å²) in [4.78, 5) is 0.162. The Morgan fingerprint density at radius 2 is 1.59 bits per heavy atom. The molecule has 10 heteroatoms. The normalized spacial score (nSPS) is 18.3. The lowest BCUT2D eigenvalue weighted by atomic mass is 10.2. The van der Waals surface area contributed by atoms with Gasteiger partial charge >= 0.3 is 0 Å². The highest BCUT2D eigenvalue weighted by Gasteiger charge is 2.31. The second kappa shape index (κ2) is 6.13. The highest BCUT2D eigenvalue weighted by atomic mass is 32.2. The van der Waals surface area contributed by atoms with E-state index in [1.807, 2.05) is 0 Å². The average molecular weight is 349 g/mol. The van der Waals surface area contributed by atoms with Crippen LogP contribution >= 0.6 is 0 Å². The van der Waals surface area contributed by atoms with E-state index in [2.05, 4.69) is 0 Å². The Labute approximate surface area is 130 Å². The van der Waals surface area contributed by atoms with Gasteiger partial charge in [-0.1, -0.05) is 0 Å².